The summed E-state index contributed by atoms with van der Waals surface area (Å²) in [5, 5.41) is 6.88. The minimum Gasteiger partial charge on any atom is -0.383 e. The highest BCUT2D eigenvalue weighted by molar-refractivity contribution is 6.33. The molecule has 1 aromatic carbocycles. The van der Waals surface area contributed by atoms with Gasteiger partial charge < -0.3 is 20.3 Å². The van der Waals surface area contributed by atoms with Crippen molar-refractivity contribution in [2.75, 3.05) is 30.0 Å². The Bertz CT molecular complexity index is 900. The quantitative estimate of drug-likeness (QED) is 0.799. The van der Waals surface area contributed by atoms with Gasteiger partial charge in [-0.25, -0.2) is 0 Å². The molecule has 0 spiro atoms. The fourth-order valence-electron chi connectivity index (χ4n) is 3.81. The normalized spacial score (nSPS) is 20.1. The summed E-state index contributed by atoms with van der Waals surface area (Å²) in [7, 11) is 0. The molecule has 1 amide bonds. The molecule has 1 aromatic heterocycles. The zero-order valence-corrected chi connectivity index (χ0v) is 16.5. The van der Waals surface area contributed by atoms with E-state index in [2.05, 4.69) is 34.7 Å². The second-order valence-corrected chi connectivity index (χ2v) is 7.49. The number of morpholine rings is 1. The standard InChI is InChI=1S/C22H26N4O2/c1-14(2)26-20-7-6-17(25-15(3)16-5-4-8-23-12-16)11-18(20)21(22(26)27)19-13-28-10-9-24-19/h4-8,11-12,14-15,24-25H,9-10,13H2,1-3H3/b21-19-. The highest BCUT2D eigenvalue weighted by atomic mass is 16.5. The molecular formula is C22H26N4O2. The van der Waals surface area contributed by atoms with Crippen LogP contribution in [0.5, 0.6) is 0 Å². The number of pyridine rings is 1. The van der Waals surface area contributed by atoms with E-state index >= 15 is 0 Å². The van der Waals surface area contributed by atoms with Crippen molar-refractivity contribution in [3.8, 4) is 0 Å². The van der Waals surface area contributed by atoms with Crippen LogP contribution >= 0.6 is 0 Å². The van der Waals surface area contributed by atoms with E-state index in [-0.39, 0.29) is 18.0 Å². The molecule has 1 fully saturated rings. The van der Waals surface area contributed by atoms with Crippen LogP contribution in [0.4, 0.5) is 11.4 Å². The molecule has 0 bridgehead atoms. The zero-order chi connectivity index (χ0) is 19.7. The first-order chi connectivity index (χ1) is 13.6. The monoisotopic (exact) mass is 378 g/mol. The van der Waals surface area contributed by atoms with Crippen LogP contribution in [0, 0.1) is 0 Å². The fraction of sp³-hybridized carbons (Fsp3) is 0.364. The van der Waals surface area contributed by atoms with Crippen molar-refractivity contribution < 1.29 is 9.53 Å². The molecular weight excluding hydrogens is 352 g/mol. The van der Waals surface area contributed by atoms with Crippen LogP contribution in [0.25, 0.3) is 5.57 Å². The van der Waals surface area contributed by atoms with E-state index in [1.165, 1.54) is 0 Å². The van der Waals surface area contributed by atoms with Crippen molar-refractivity contribution in [1.82, 2.24) is 10.3 Å². The van der Waals surface area contributed by atoms with Gasteiger partial charge in [0.05, 0.1) is 36.2 Å². The summed E-state index contributed by atoms with van der Waals surface area (Å²) in [5.74, 6) is 0.0375. The van der Waals surface area contributed by atoms with E-state index in [9.17, 15) is 4.79 Å². The molecule has 2 aromatic rings. The van der Waals surface area contributed by atoms with Gasteiger partial charge in [-0.2, -0.15) is 0 Å². The van der Waals surface area contributed by atoms with Gasteiger partial charge in [0.25, 0.3) is 5.91 Å². The summed E-state index contributed by atoms with van der Waals surface area (Å²) in [6.45, 7) is 8.00. The van der Waals surface area contributed by atoms with Gasteiger partial charge >= 0.3 is 0 Å². The number of hydrogen-bond donors (Lipinski definition) is 2. The highest BCUT2D eigenvalue weighted by Gasteiger charge is 2.36. The molecule has 0 aliphatic carbocycles. The zero-order valence-electron chi connectivity index (χ0n) is 16.5. The van der Waals surface area contributed by atoms with Gasteiger partial charge in [0, 0.05) is 36.2 Å². The second-order valence-electron chi connectivity index (χ2n) is 7.49. The molecule has 6 heteroatoms. The number of carbonyl (C=O) groups is 1. The fourth-order valence-corrected chi connectivity index (χ4v) is 3.81. The smallest absolute Gasteiger partial charge is 0.261 e. The lowest BCUT2D eigenvalue weighted by atomic mass is 10.0. The number of nitrogens with one attached hydrogen (secondary N) is 2. The van der Waals surface area contributed by atoms with Gasteiger partial charge in [0.1, 0.15) is 0 Å². The summed E-state index contributed by atoms with van der Waals surface area (Å²) < 4.78 is 5.59. The Labute approximate surface area is 165 Å². The van der Waals surface area contributed by atoms with Crippen LogP contribution in [0.3, 0.4) is 0 Å². The average molecular weight is 378 g/mol. The molecule has 6 nitrogen and oxygen atoms in total. The van der Waals surface area contributed by atoms with E-state index in [0.717, 1.165) is 40.3 Å². The Kier molecular flexibility index (Phi) is 5.05. The summed E-state index contributed by atoms with van der Waals surface area (Å²) in [6.07, 6.45) is 3.64. The maximum atomic E-state index is 13.2. The number of hydrogen-bond acceptors (Lipinski definition) is 5. The van der Waals surface area contributed by atoms with Crippen molar-refractivity contribution in [3.05, 3.63) is 59.5 Å². The van der Waals surface area contributed by atoms with Crippen molar-refractivity contribution in [2.45, 2.75) is 32.9 Å². The van der Waals surface area contributed by atoms with Gasteiger partial charge in [0.2, 0.25) is 0 Å². The van der Waals surface area contributed by atoms with Crippen LogP contribution in [0.2, 0.25) is 0 Å². The molecule has 2 aliphatic rings. The first kappa shape index (κ1) is 18.5. The molecule has 2 N–H and O–H groups in total. The Morgan fingerprint density at radius 3 is 2.79 bits per heavy atom. The summed E-state index contributed by atoms with van der Waals surface area (Å²) in [5.41, 5.74) is 5.59. The number of amides is 1. The third kappa shape index (κ3) is 3.36. The topological polar surface area (TPSA) is 66.5 Å². The van der Waals surface area contributed by atoms with E-state index < -0.39 is 0 Å². The first-order valence-electron chi connectivity index (χ1n) is 9.75. The van der Waals surface area contributed by atoms with Crippen molar-refractivity contribution >= 4 is 22.9 Å². The van der Waals surface area contributed by atoms with Crippen LogP contribution in [0.15, 0.2) is 48.4 Å². The number of carbonyl (C=O) groups excluding carboxylic acids is 1. The third-order valence-electron chi connectivity index (χ3n) is 5.18. The number of aromatic nitrogens is 1. The predicted octanol–water partition coefficient (Wildman–Crippen LogP) is 3.34. The number of anilines is 2. The largest absolute Gasteiger partial charge is 0.383 e. The van der Waals surface area contributed by atoms with Gasteiger partial charge in [-0.3, -0.25) is 9.78 Å². The van der Waals surface area contributed by atoms with E-state index in [0.29, 0.717) is 13.2 Å². The summed E-state index contributed by atoms with van der Waals surface area (Å²) >= 11 is 0. The molecule has 28 heavy (non-hydrogen) atoms. The molecule has 146 valence electrons. The Morgan fingerprint density at radius 2 is 2.11 bits per heavy atom. The molecule has 4 rings (SSSR count). The van der Waals surface area contributed by atoms with Gasteiger partial charge in [-0.1, -0.05) is 6.07 Å². The number of ether oxygens (including phenoxy) is 1. The Hall–Kier alpha value is -2.86. The lowest BCUT2D eigenvalue weighted by molar-refractivity contribution is -0.113. The Morgan fingerprint density at radius 1 is 1.25 bits per heavy atom. The van der Waals surface area contributed by atoms with E-state index in [1.54, 1.807) is 6.20 Å². The minimum absolute atomic E-state index is 0.0375. The average Bonchev–Trinajstić information content (AvgIpc) is 3.00. The van der Waals surface area contributed by atoms with E-state index in [4.69, 9.17) is 4.74 Å². The molecule has 0 saturated carbocycles. The predicted molar refractivity (Wildman–Crippen MR) is 111 cm³/mol. The second kappa shape index (κ2) is 7.64. The maximum Gasteiger partial charge on any atom is 0.261 e. The lowest BCUT2D eigenvalue weighted by Gasteiger charge is -2.22. The number of benzene rings is 1. The van der Waals surface area contributed by atoms with Crippen molar-refractivity contribution in [2.24, 2.45) is 0 Å². The van der Waals surface area contributed by atoms with Crippen LogP contribution < -0.4 is 15.5 Å². The van der Waals surface area contributed by atoms with Crippen molar-refractivity contribution in [3.63, 3.8) is 0 Å². The minimum atomic E-state index is 0.0375. The number of fused-ring (bicyclic) bond motifs is 1. The van der Waals surface area contributed by atoms with Gasteiger partial charge in [-0.15, -0.1) is 0 Å². The molecule has 1 atom stereocenters. The molecule has 2 aliphatic heterocycles. The van der Waals surface area contributed by atoms with Gasteiger partial charge in [-0.05, 0) is 50.6 Å². The van der Waals surface area contributed by atoms with E-state index in [1.807, 2.05) is 43.1 Å². The molecule has 0 radical (unpaired) electrons. The van der Waals surface area contributed by atoms with Crippen LogP contribution in [0.1, 0.15) is 37.9 Å². The maximum absolute atomic E-state index is 13.2. The SMILES string of the molecule is CC(Nc1ccc2c(c1)/C(=C1\COCCN1)C(=O)N2C(C)C)c1cccnc1. The third-order valence-corrected chi connectivity index (χ3v) is 5.18. The van der Waals surface area contributed by atoms with Crippen molar-refractivity contribution in [1.29, 1.82) is 0 Å². The number of rotatable bonds is 4. The number of nitrogens with zero attached hydrogens (tertiary/aromatic N) is 2. The van der Waals surface area contributed by atoms with Crippen LogP contribution in [-0.4, -0.2) is 36.7 Å². The van der Waals surface area contributed by atoms with Gasteiger partial charge in [0.15, 0.2) is 0 Å². The molecule has 1 unspecified atom stereocenters. The highest BCUT2D eigenvalue weighted by Crippen LogP contribution is 2.41. The summed E-state index contributed by atoms with van der Waals surface area (Å²) in [4.78, 5) is 19.3. The summed E-state index contributed by atoms with van der Waals surface area (Å²) in [6, 6.07) is 10.3. The molecule has 3 heterocycles. The Balaban J connectivity index is 1.71. The van der Waals surface area contributed by atoms with Crippen LogP contribution in [-0.2, 0) is 9.53 Å². The molecule has 1 saturated heterocycles. The lowest BCUT2D eigenvalue weighted by Crippen LogP contribution is -2.35. The first-order valence-corrected chi connectivity index (χ1v) is 9.75.